The minimum absolute atomic E-state index is 0.428. The molecule has 0 bridgehead atoms. The average molecular weight is 220 g/mol. The van der Waals surface area contributed by atoms with Gasteiger partial charge in [-0.2, -0.15) is 0 Å². The van der Waals surface area contributed by atoms with Crippen molar-refractivity contribution in [2.75, 3.05) is 6.61 Å². The molecule has 3 heteroatoms. The SMILES string of the molecule is CC(C)c1cnc2c(n1)CC(C(C)C)CO2. The van der Waals surface area contributed by atoms with Gasteiger partial charge in [-0.25, -0.2) is 4.98 Å². The van der Waals surface area contributed by atoms with E-state index in [1.165, 1.54) is 0 Å². The summed E-state index contributed by atoms with van der Waals surface area (Å²) in [5.74, 6) is 2.38. The maximum Gasteiger partial charge on any atom is 0.235 e. The van der Waals surface area contributed by atoms with Crippen molar-refractivity contribution in [1.29, 1.82) is 0 Å². The zero-order valence-corrected chi connectivity index (χ0v) is 10.5. The number of rotatable bonds is 2. The van der Waals surface area contributed by atoms with Gasteiger partial charge >= 0.3 is 0 Å². The zero-order valence-electron chi connectivity index (χ0n) is 10.5. The molecule has 1 aromatic heterocycles. The molecule has 0 saturated heterocycles. The minimum atomic E-state index is 0.428. The van der Waals surface area contributed by atoms with Crippen LogP contribution in [0.3, 0.4) is 0 Å². The van der Waals surface area contributed by atoms with Crippen molar-refractivity contribution in [3.63, 3.8) is 0 Å². The van der Waals surface area contributed by atoms with Gasteiger partial charge in [0.2, 0.25) is 5.88 Å². The van der Waals surface area contributed by atoms with E-state index in [9.17, 15) is 0 Å². The third-order valence-electron chi connectivity index (χ3n) is 3.25. The third kappa shape index (κ3) is 2.18. The van der Waals surface area contributed by atoms with Gasteiger partial charge in [-0.05, 0) is 11.8 Å². The first-order valence-corrected chi connectivity index (χ1v) is 6.06. The summed E-state index contributed by atoms with van der Waals surface area (Å²) in [5.41, 5.74) is 2.10. The van der Waals surface area contributed by atoms with Crippen molar-refractivity contribution >= 4 is 0 Å². The highest BCUT2D eigenvalue weighted by atomic mass is 16.5. The Morgan fingerprint density at radius 1 is 1.31 bits per heavy atom. The van der Waals surface area contributed by atoms with Crippen molar-refractivity contribution < 1.29 is 4.74 Å². The predicted octanol–water partition coefficient (Wildman–Crippen LogP) is 2.81. The lowest BCUT2D eigenvalue weighted by molar-refractivity contribution is 0.174. The topological polar surface area (TPSA) is 35.0 Å². The van der Waals surface area contributed by atoms with E-state index in [0.29, 0.717) is 17.8 Å². The Kier molecular flexibility index (Phi) is 3.13. The Bertz CT molecular complexity index is 374. The molecular weight excluding hydrogens is 200 g/mol. The minimum Gasteiger partial charge on any atom is -0.476 e. The first-order valence-electron chi connectivity index (χ1n) is 6.06. The number of aromatic nitrogens is 2. The van der Waals surface area contributed by atoms with Gasteiger partial charge in [0.25, 0.3) is 0 Å². The molecule has 0 N–H and O–H groups in total. The summed E-state index contributed by atoms with van der Waals surface area (Å²) in [6, 6.07) is 0. The number of nitrogens with zero attached hydrogens (tertiary/aromatic N) is 2. The Labute approximate surface area is 97.3 Å². The molecule has 2 heterocycles. The summed E-state index contributed by atoms with van der Waals surface area (Å²) < 4.78 is 5.66. The van der Waals surface area contributed by atoms with E-state index < -0.39 is 0 Å². The first-order chi connectivity index (χ1) is 7.58. The Morgan fingerprint density at radius 2 is 2.06 bits per heavy atom. The largest absolute Gasteiger partial charge is 0.476 e. The number of fused-ring (bicyclic) bond motifs is 1. The van der Waals surface area contributed by atoms with Gasteiger partial charge in [0.1, 0.15) is 5.69 Å². The summed E-state index contributed by atoms with van der Waals surface area (Å²) in [6.07, 6.45) is 2.83. The maximum absolute atomic E-state index is 5.66. The fraction of sp³-hybridized carbons (Fsp3) is 0.692. The molecule has 0 aromatic carbocycles. The molecule has 1 aromatic rings. The molecule has 0 spiro atoms. The van der Waals surface area contributed by atoms with Crippen LogP contribution in [0.25, 0.3) is 0 Å². The van der Waals surface area contributed by atoms with Crippen LogP contribution >= 0.6 is 0 Å². The normalized spacial score (nSPS) is 19.8. The number of ether oxygens (including phenoxy) is 1. The van der Waals surface area contributed by atoms with E-state index in [2.05, 4.69) is 37.7 Å². The summed E-state index contributed by atoms with van der Waals surface area (Å²) in [6.45, 7) is 9.53. The summed E-state index contributed by atoms with van der Waals surface area (Å²) in [7, 11) is 0. The van der Waals surface area contributed by atoms with Gasteiger partial charge in [-0.15, -0.1) is 0 Å². The van der Waals surface area contributed by atoms with Crippen LogP contribution in [0.4, 0.5) is 0 Å². The quantitative estimate of drug-likeness (QED) is 0.768. The molecule has 0 amide bonds. The van der Waals surface area contributed by atoms with Crippen molar-refractivity contribution in [3.8, 4) is 5.88 Å². The van der Waals surface area contributed by atoms with Gasteiger partial charge in [-0.1, -0.05) is 27.7 Å². The van der Waals surface area contributed by atoms with Gasteiger partial charge in [0, 0.05) is 12.3 Å². The van der Waals surface area contributed by atoms with Gasteiger partial charge < -0.3 is 4.74 Å². The molecule has 2 rings (SSSR count). The molecule has 88 valence electrons. The van der Waals surface area contributed by atoms with Gasteiger partial charge in [0.15, 0.2) is 0 Å². The fourth-order valence-corrected chi connectivity index (χ4v) is 1.88. The second-order valence-corrected chi connectivity index (χ2v) is 5.22. The predicted molar refractivity (Wildman–Crippen MR) is 63.6 cm³/mol. The van der Waals surface area contributed by atoms with Crippen molar-refractivity contribution in [3.05, 3.63) is 17.6 Å². The van der Waals surface area contributed by atoms with E-state index in [1.807, 2.05) is 6.20 Å². The Morgan fingerprint density at radius 3 is 2.69 bits per heavy atom. The van der Waals surface area contributed by atoms with Crippen molar-refractivity contribution in [1.82, 2.24) is 9.97 Å². The van der Waals surface area contributed by atoms with Crippen LogP contribution in [0.15, 0.2) is 6.20 Å². The van der Waals surface area contributed by atoms with Crippen LogP contribution in [0, 0.1) is 11.8 Å². The standard InChI is InChI=1S/C13H20N2O/c1-8(2)10-5-11-13(16-7-10)14-6-12(15-11)9(3)4/h6,8-10H,5,7H2,1-4H3. The van der Waals surface area contributed by atoms with E-state index >= 15 is 0 Å². The molecule has 1 unspecified atom stereocenters. The van der Waals surface area contributed by atoms with Crippen molar-refractivity contribution in [2.45, 2.75) is 40.0 Å². The second-order valence-electron chi connectivity index (χ2n) is 5.22. The molecule has 0 saturated carbocycles. The highest BCUT2D eigenvalue weighted by Crippen LogP contribution is 2.28. The summed E-state index contributed by atoms with van der Waals surface area (Å²) >= 11 is 0. The summed E-state index contributed by atoms with van der Waals surface area (Å²) in [4.78, 5) is 9.01. The molecular formula is C13H20N2O. The molecule has 1 aliphatic heterocycles. The second kappa shape index (κ2) is 4.40. The highest BCUT2D eigenvalue weighted by molar-refractivity contribution is 5.23. The fourth-order valence-electron chi connectivity index (χ4n) is 1.88. The maximum atomic E-state index is 5.66. The van der Waals surface area contributed by atoms with Crippen LogP contribution in [0.2, 0.25) is 0 Å². The number of hydrogen-bond acceptors (Lipinski definition) is 3. The molecule has 16 heavy (non-hydrogen) atoms. The monoisotopic (exact) mass is 220 g/mol. The average Bonchev–Trinajstić information content (AvgIpc) is 2.27. The van der Waals surface area contributed by atoms with Crippen LogP contribution in [0.5, 0.6) is 5.88 Å². The van der Waals surface area contributed by atoms with E-state index in [-0.39, 0.29) is 0 Å². The van der Waals surface area contributed by atoms with Crippen LogP contribution < -0.4 is 4.74 Å². The lowest BCUT2D eigenvalue weighted by Crippen LogP contribution is -2.26. The first kappa shape index (κ1) is 11.4. The van der Waals surface area contributed by atoms with Crippen LogP contribution in [0.1, 0.15) is 45.0 Å². The molecule has 0 aliphatic carbocycles. The van der Waals surface area contributed by atoms with Gasteiger partial charge in [-0.3, -0.25) is 4.98 Å². The van der Waals surface area contributed by atoms with Crippen LogP contribution in [-0.2, 0) is 6.42 Å². The lowest BCUT2D eigenvalue weighted by Gasteiger charge is -2.26. The number of hydrogen-bond donors (Lipinski definition) is 0. The smallest absolute Gasteiger partial charge is 0.235 e. The lowest BCUT2D eigenvalue weighted by atomic mass is 9.90. The molecule has 1 aliphatic rings. The molecule has 3 nitrogen and oxygen atoms in total. The Hall–Kier alpha value is -1.12. The molecule has 1 atom stereocenters. The van der Waals surface area contributed by atoms with Crippen molar-refractivity contribution in [2.24, 2.45) is 11.8 Å². The Balaban J connectivity index is 2.25. The van der Waals surface area contributed by atoms with Crippen LogP contribution in [-0.4, -0.2) is 16.6 Å². The third-order valence-corrected chi connectivity index (χ3v) is 3.25. The zero-order chi connectivity index (χ0) is 11.7. The van der Waals surface area contributed by atoms with E-state index in [1.54, 1.807) is 0 Å². The summed E-state index contributed by atoms with van der Waals surface area (Å²) in [5, 5.41) is 0. The van der Waals surface area contributed by atoms with E-state index in [4.69, 9.17) is 4.74 Å². The molecule has 0 radical (unpaired) electrons. The highest BCUT2D eigenvalue weighted by Gasteiger charge is 2.24. The van der Waals surface area contributed by atoms with E-state index in [0.717, 1.165) is 30.3 Å². The van der Waals surface area contributed by atoms with Gasteiger partial charge in [0.05, 0.1) is 18.5 Å². The molecule has 0 fully saturated rings.